The van der Waals surface area contributed by atoms with E-state index < -0.39 is 6.67 Å². The van der Waals surface area contributed by atoms with Crippen LogP contribution in [0.2, 0.25) is 0 Å². The minimum Gasteiger partial charge on any atom is -0.247 e. The molecule has 1 aromatic carbocycles. The van der Waals surface area contributed by atoms with E-state index >= 15 is 0 Å². The first-order valence-corrected chi connectivity index (χ1v) is 4.32. The fraction of sp³-hybridized carbons (Fsp3) is 0.167. The number of benzene rings is 1. The second-order valence-corrected chi connectivity index (χ2v) is 3.02. The lowest BCUT2D eigenvalue weighted by Gasteiger charge is -2.03. The van der Waals surface area contributed by atoms with Crippen molar-refractivity contribution in [1.29, 1.82) is 0 Å². The second kappa shape index (κ2) is 3.56. The monoisotopic (exact) mass is 173 g/mol. The van der Waals surface area contributed by atoms with Crippen LogP contribution in [0.1, 0.15) is 17.0 Å². The lowest BCUT2D eigenvalue weighted by molar-refractivity contribution is 0.560. The van der Waals surface area contributed by atoms with Crippen LogP contribution in [0.5, 0.6) is 0 Å². The molecule has 2 rings (SSSR count). The summed E-state index contributed by atoms with van der Waals surface area (Å²) in [6.07, 6.45) is 7.58. The van der Waals surface area contributed by atoms with Gasteiger partial charge in [-0.25, -0.2) is 4.39 Å². The van der Waals surface area contributed by atoms with Crippen LogP contribution in [0.15, 0.2) is 36.4 Å². The third-order valence-electron chi connectivity index (χ3n) is 2.21. The summed E-state index contributed by atoms with van der Waals surface area (Å²) in [7, 11) is 0. The van der Waals surface area contributed by atoms with Crippen molar-refractivity contribution in [2.45, 2.75) is 5.92 Å². The molecule has 0 bridgehead atoms. The predicted molar refractivity (Wildman–Crippen MR) is 52.2 cm³/mol. The van der Waals surface area contributed by atoms with Gasteiger partial charge in [0.25, 0.3) is 0 Å². The number of hydrogen-bond donors (Lipinski definition) is 0. The van der Waals surface area contributed by atoms with Crippen LogP contribution >= 0.6 is 0 Å². The predicted octanol–water partition coefficient (Wildman–Crippen LogP) is 3.12. The molecule has 0 saturated carbocycles. The third-order valence-corrected chi connectivity index (χ3v) is 2.21. The molecule has 0 fully saturated rings. The third kappa shape index (κ3) is 1.55. The fourth-order valence-electron chi connectivity index (χ4n) is 1.57. The van der Waals surface area contributed by atoms with E-state index in [1.54, 1.807) is 6.08 Å². The van der Waals surface area contributed by atoms with Gasteiger partial charge in [0.2, 0.25) is 0 Å². The molecule has 1 aliphatic carbocycles. The minimum absolute atomic E-state index is 0.239. The van der Waals surface area contributed by atoms with Gasteiger partial charge in [0.05, 0.1) is 0 Å². The average Bonchev–Trinajstić information content (AvgIpc) is 2.58. The van der Waals surface area contributed by atoms with Crippen LogP contribution in [-0.4, -0.2) is 6.67 Å². The standard InChI is InChI=1S/C12H10F/c13-9-3-5-11-8-7-10-4-1-2-6-12(10)11/h1,3-8,11H,9H2. The van der Waals surface area contributed by atoms with Crippen LogP contribution in [0, 0.1) is 6.07 Å². The number of alkyl halides is 1. The van der Waals surface area contributed by atoms with E-state index in [9.17, 15) is 4.39 Å². The van der Waals surface area contributed by atoms with E-state index in [1.807, 2.05) is 24.3 Å². The Morgan fingerprint density at radius 1 is 1.54 bits per heavy atom. The molecule has 0 aliphatic heterocycles. The normalized spacial score (nSPS) is 19.6. The van der Waals surface area contributed by atoms with Crippen molar-refractivity contribution >= 4 is 6.08 Å². The summed E-state index contributed by atoms with van der Waals surface area (Å²) < 4.78 is 11.9. The molecule has 1 aromatic rings. The van der Waals surface area contributed by atoms with Gasteiger partial charge in [0.1, 0.15) is 6.67 Å². The van der Waals surface area contributed by atoms with E-state index in [1.165, 1.54) is 11.1 Å². The van der Waals surface area contributed by atoms with Crippen molar-refractivity contribution < 1.29 is 4.39 Å². The van der Waals surface area contributed by atoms with Crippen LogP contribution in [0.3, 0.4) is 0 Å². The quantitative estimate of drug-likeness (QED) is 0.603. The Balaban J connectivity index is 2.28. The van der Waals surface area contributed by atoms with Gasteiger partial charge in [-0.05, 0) is 23.3 Å². The zero-order valence-electron chi connectivity index (χ0n) is 7.20. The van der Waals surface area contributed by atoms with Crippen molar-refractivity contribution in [2.75, 3.05) is 6.67 Å². The molecule has 0 N–H and O–H groups in total. The van der Waals surface area contributed by atoms with Crippen molar-refractivity contribution in [3.63, 3.8) is 0 Å². The molecular weight excluding hydrogens is 163 g/mol. The van der Waals surface area contributed by atoms with Gasteiger partial charge in [0, 0.05) is 5.92 Å². The van der Waals surface area contributed by atoms with Crippen LogP contribution in [0.4, 0.5) is 4.39 Å². The van der Waals surface area contributed by atoms with Gasteiger partial charge < -0.3 is 0 Å². The summed E-state index contributed by atoms with van der Waals surface area (Å²) >= 11 is 0. The number of allylic oxidation sites excluding steroid dienone is 3. The van der Waals surface area contributed by atoms with Crippen molar-refractivity contribution in [1.82, 2.24) is 0 Å². The van der Waals surface area contributed by atoms with Crippen LogP contribution < -0.4 is 0 Å². The molecule has 0 saturated heterocycles. The number of halogens is 1. The van der Waals surface area contributed by atoms with E-state index in [2.05, 4.69) is 18.2 Å². The maximum Gasteiger partial charge on any atom is 0.108 e. The highest BCUT2D eigenvalue weighted by atomic mass is 19.1. The Labute approximate surface area is 77.4 Å². The number of rotatable bonds is 2. The molecule has 1 unspecified atom stereocenters. The first kappa shape index (κ1) is 8.24. The zero-order valence-corrected chi connectivity index (χ0v) is 7.20. The van der Waals surface area contributed by atoms with Crippen LogP contribution in [-0.2, 0) is 0 Å². The van der Waals surface area contributed by atoms with E-state index in [4.69, 9.17) is 0 Å². The maximum absolute atomic E-state index is 11.9. The highest BCUT2D eigenvalue weighted by Gasteiger charge is 2.12. The summed E-state index contributed by atoms with van der Waals surface area (Å²) in [5, 5.41) is 0. The van der Waals surface area contributed by atoms with Gasteiger partial charge in [-0.1, -0.05) is 36.4 Å². The zero-order chi connectivity index (χ0) is 9.10. The molecule has 65 valence electrons. The Morgan fingerprint density at radius 2 is 2.46 bits per heavy atom. The van der Waals surface area contributed by atoms with Gasteiger partial charge in [0.15, 0.2) is 0 Å². The Kier molecular flexibility index (Phi) is 2.26. The Hall–Kier alpha value is -1.37. The minimum atomic E-state index is -0.393. The molecule has 0 aromatic heterocycles. The first-order chi connectivity index (χ1) is 6.42. The van der Waals surface area contributed by atoms with Gasteiger partial charge in [-0.2, -0.15) is 0 Å². The summed E-state index contributed by atoms with van der Waals surface area (Å²) in [4.78, 5) is 0. The second-order valence-electron chi connectivity index (χ2n) is 3.02. The Morgan fingerprint density at radius 3 is 3.31 bits per heavy atom. The lowest BCUT2D eigenvalue weighted by Crippen LogP contribution is -1.88. The average molecular weight is 173 g/mol. The molecule has 13 heavy (non-hydrogen) atoms. The topological polar surface area (TPSA) is 0 Å². The molecule has 1 heteroatoms. The number of hydrogen-bond acceptors (Lipinski definition) is 0. The fourth-order valence-corrected chi connectivity index (χ4v) is 1.57. The number of fused-ring (bicyclic) bond motifs is 1. The molecule has 1 atom stereocenters. The Bertz CT molecular complexity index is 350. The van der Waals surface area contributed by atoms with Gasteiger partial charge >= 0.3 is 0 Å². The largest absolute Gasteiger partial charge is 0.247 e. The summed E-state index contributed by atoms with van der Waals surface area (Å²) in [6, 6.07) is 8.91. The smallest absolute Gasteiger partial charge is 0.108 e. The van der Waals surface area contributed by atoms with E-state index in [0.29, 0.717) is 0 Å². The highest BCUT2D eigenvalue weighted by molar-refractivity contribution is 5.63. The molecule has 0 heterocycles. The molecule has 1 radical (unpaired) electrons. The molecule has 0 amide bonds. The van der Waals surface area contributed by atoms with Gasteiger partial charge in [-0.15, -0.1) is 0 Å². The first-order valence-electron chi connectivity index (χ1n) is 4.32. The summed E-state index contributed by atoms with van der Waals surface area (Å²) in [5.41, 5.74) is 2.43. The molecule has 0 spiro atoms. The van der Waals surface area contributed by atoms with Gasteiger partial charge in [-0.3, -0.25) is 0 Å². The maximum atomic E-state index is 11.9. The summed E-state index contributed by atoms with van der Waals surface area (Å²) in [6.45, 7) is -0.393. The molecule has 0 nitrogen and oxygen atoms in total. The van der Waals surface area contributed by atoms with Crippen LogP contribution in [0.25, 0.3) is 6.08 Å². The highest BCUT2D eigenvalue weighted by Crippen LogP contribution is 2.30. The van der Waals surface area contributed by atoms with Crippen molar-refractivity contribution in [3.05, 3.63) is 53.6 Å². The molecular formula is C12H10F. The summed E-state index contributed by atoms with van der Waals surface area (Å²) in [5.74, 6) is 0.239. The SMILES string of the molecule is FCC=CC1C=Cc2cc[c]cc21. The lowest BCUT2D eigenvalue weighted by atomic mass is 10.0. The van der Waals surface area contributed by atoms with E-state index in [-0.39, 0.29) is 5.92 Å². The molecule has 1 aliphatic rings. The van der Waals surface area contributed by atoms with E-state index in [0.717, 1.165) is 0 Å². The van der Waals surface area contributed by atoms with Crippen molar-refractivity contribution in [2.24, 2.45) is 0 Å². The van der Waals surface area contributed by atoms with Crippen molar-refractivity contribution in [3.8, 4) is 0 Å².